The van der Waals surface area contributed by atoms with E-state index in [2.05, 4.69) is 19.9 Å². The van der Waals surface area contributed by atoms with Gasteiger partial charge in [-0.25, -0.2) is 4.79 Å². The molecular formula is C16H26O3. The smallest absolute Gasteiger partial charge is 0.333 e. The highest BCUT2D eigenvalue weighted by Crippen LogP contribution is 2.47. The molecule has 0 aromatic carbocycles. The summed E-state index contributed by atoms with van der Waals surface area (Å²) in [5, 5.41) is 9.45. The molecule has 1 N–H and O–H groups in total. The van der Waals surface area contributed by atoms with Crippen molar-refractivity contribution in [3.05, 3.63) is 11.6 Å². The number of methoxy groups -OCH3 is 1. The van der Waals surface area contributed by atoms with Crippen molar-refractivity contribution < 1.29 is 14.6 Å². The molecular weight excluding hydrogens is 240 g/mol. The van der Waals surface area contributed by atoms with E-state index in [9.17, 15) is 9.90 Å². The van der Waals surface area contributed by atoms with Gasteiger partial charge in [0.25, 0.3) is 0 Å². The fraction of sp³-hybridized carbons (Fsp3) is 0.812. The van der Waals surface area contributed by atoms with E-state index < -0.39 is 0 Å². The van der Waals surface area contributed by atoms with Crippen LogP contribution in [0.1, 0.15) is 39.5 Å². The number of aliphatic hydroxyl groups is 1. The number of esters is 1. The van der Waals surface area contributed by atoms with Gasteiger partial charge < -0.3 is 9.84 Å². The molecule has 0 spiro atoms. The fourth-order valence-electron chi connectivity index (χ4n) is 4.02. The summed E-state index contributed by atoms with van der Waals surface area (Å²) in [6, 6.07) is 0. The number of ether oxygens (including phenoxy) is 1. The average molecular weight is 266 g/mol. The van der Waals surface area contributed by atoms with Crippen LogP contribution in [-0.2, 0) is 9.53 Å². The number of aliphatic hydroxyl groups excluding tert-OH is 1. The SMILES string of the molecule is COC(=O)C1=CC2C(C(C)CO)CCC(C)C2CC1. The second-order valence-corrected chi connectivity index (χ2v) is 6.34. The first-order valence-electron chi connectivity index (χ1n) is 7.48. The van der Waals surface area contributed by atoms with Crippen LogP contribution in [0.2, 0.25) is 0 Å². The molecule has 5 unspecified atom stereocenters. The molecule has 108 valence electrons. The highest BCUT2D eigenvalue weighted by molar-refractivity contribution is 5.88. The van der Waals surface area contributed by atoms with Crippen LogP contribution in [0.15, 0.2) is 11.6 Å². The average Bonchev–Trinajstić information content (AvgIpc) is 2.45. The Bertz CT molecular complexity index is 361. The molecule has 2 aliphatic carbocycles. The molecule has 0 bridgehead atoms. The van der Waals surface area contributed by atoms with Crippen molar-refractivity contribution in [1.29, 1.82) is 0 Å². The maximum absolute atomic E-state index is 11.7. The van der Waals surface area contributed by atoms with Gasteiger partial charge >= 0.3 is 5.97 Å². The number of carbonyl (C=O) groups is 1. The lowest BCUT2D eigenvalue weighted by Crippen LogP contribution is -2.39. The van der Waals surface area contributed by atoms with Crippen LogP contribution in [0.3, 0.4) is 0 Å². The van der Waals surface area contributed by atoms with E-state index in [1.807, 2.05) is 0 Å². The minimum Gasteiger partial charge on any atom is -0.466 e. The maximum atomic E-state index is 11.7. The Balaban J connectivity index is 2.23. The maximum Gasteiger partial charge on any atom is 0.333 e. The molecule has 0 amide bonds. The summed E-state index contributed by atoms with van der Waals surface area (Å²) in [5.41, 5.74) is 0.841. The molecule has 3 heteroatoms. The van der Waals surface area contributed by atoms with Crippen LogP contribution < -0.4 is 0 Å². The molecule has 1 saturated carbocycles. The number of rotatable bonds is 3. The minimum absolute atomic E-state index is 0.174. The van der Waals surface area contributed by atoms with Gasteiger partial charge in [0.2, 0.25) is 0 Å². The van der Waals surface area contributed by atoms with Crippen molar-refractivity contribution in [3.8, 4) is 0 Å². The van der Waals surface area contributed by atoms with Crippen LogP contribution in [-0.4, -0.2) is 24.8 Å². The van der Waals surface area contributed by atoms with Crippen LogP contribution in [0, 0.1) is 29.6 Å². The van der Waals surface area contributed by atoms with Crippen molar-refractivity contribution in [1.82, 2.24) is 0 Å². The van der Waals surface area contributed by atoms with Gasteiger partial charge in [0, 0.05) is 12.2 Å². The largest absolute Gasteiger partial charge is 0.466 e. The molecule has 0 radical (unpaired) electrons. The Hall–Kier alpha value is -0.830. The number of allylic oxidation sites excluding steroid dienone is 1. The van der Waals surface area contributed by atoms with Crippen molar-refractivity contribution >= 4 is 5.97 Å². The lowest BCUT2D eigenvalue weighted by molar-refractivity contribution is -0.136. The van der Waals surface area contributed by atoms with Crippen molar-refractivity contribution in [2.75, 3.05) is 13.7 Å². The standard InChI is InChI=1S/C16H26O3/c1-10-4-6-14(11(2)9-17)15-8-12(16(18)19-3)5-7-13(10)15/h8,10-11,13-15,17H,4-7,9H2,1-3H3. The molecule has 1 fully saturated rings. The summed E-state index contributed by atoms with van der Waals surface area (Å²) in [4.78, 5) is 11.7. The Morgan fingerprint density at radius 3 is 2.84 bits per heavy atom. The Morgan fingerprint density at radius 2 is 2.21 bits per heavy atom. The molecule has 2 aliphatic rings. The zero-order valence-corrected chi connectivity index (χ0v) is 12.3. The van der Waals surface area contributed by atoms with Crippen LogP contribution in [0.4, 0.5) is 0 Å². The second-order valence-electron chi connectivity index (χ2n) is 6.34. The summed E-state index contributed by atoms with van der Waals surface area (Å²) in [6.07, 6.45) is 6.50. The van der Waals surface area contributed by atoms with E-state index in [1.54, 1.807) is 0 Å². The third-order valence-corrected chi connectivity index (χ3v) is 5.28. The van der Waals surface area contributed by atoms with Crippen LogP contribution in [0.5, 0.6) is 0 Å². The van der Waals surface area contributed by atoms with Gasteiger partial charge in [0.05, 0.1) is 7.11 Å². The predicted molar refractivity (Wildman–Crippen MR) is 74.5 cm³/mol. The second kappa shape index (κ2) is 6.08. The third-order valence-electron chi connectivity index (χ3n) is 5.28. The van der Waals surface area contributed by atoms with E-state index in [-0.39, 0.29) is 12.6 Å². The number of hydrogen-bond donors (Lipinski definition) is 1. The number of fused-ring (bicyclic) bond motifs is 1. The first-order valence-corrected chi connectivity index (χ1v) is 7.48. The Labute approximate surface area is 116 Å². The third kappa shape index (κ3) is 2.86. The molecule has 19 heavy (non-hydrogen) atoms. The number of carbonyl (C=O) groups excluding carboxylic acids is 1. The van der Waals surface area contributed by atoms with Crippen molar-refractivity contribution in [3.63, 3.8) is 0 Å². The molecule has 3 nitrogen and oxygen atoms in total. The summed E-state index contributed by atoms with van der Waals surface area (Å²) in [6.45, 7) is 4.69. The van der Waals surface area contributed by atoms with E-state index in [0.29, 0.717) is 23.7 Å². The minimum atomic E-state index is -0.174. The Kier molecular flexibility index (Phi) is 4.67. The molecule has 0 heterocycles. The quantitative estimate of drug-likeness (QED) is 0.799. The monoisotopic (exact) mass is 266 g/mol. The lowest BCUT2D eigenvalue weighted by Gasteiger charge is -2.45. The molecule has 5 atom stereocenters. The summed E-state index contributed by atoms with van der Waals surface area (Å²) < 4.78 is 4.86. The van der Waals surface area contributed by atoms with Gasteiger partial charge in [0.1, 0.15) is 0 Å². The molecule has 0 aliphatic heterocycles. The number of hydrogen-bond acceptors (Lipinski definition) is 3. The zero-order chi connectivity index (χ0) is 14.0. The summed E-state index contributed by atoms with van der Waals surface area (Å²) in [7, 11) is 1.45. The summed E-state index contributed by atoms with van der Waals surface area (Å²) >= 11 is 0. The normalized spacial score (nSPS) is 36.1. The van der Waals surface area contributed by atoms with Crippen molar-refractivity contribution in [2.45, 2.75) is 39.5 Å². The van der Waals surface area contributed by atoms with E-state index in [1.165, 1.54) is 13.5 Å². The highest BCUT2D eigenvalue weighted by atomic mass is 16.5. The lowest BCUT2D eigenvalue weighted by atomic mass is 9.60. The topological polar surface area (TPSA) is 46.5 Å². The van der Waals surface area contributed by atoms with E-state index in [4.69, 9.17) is 4.74 Å². The summed E-state index contributed by atoms with van der Waals surface area (Å²) in [5.74, 6) is 2.48. The fourth-order valence-corrected chi connectivity index (χ4v) is 4.02. The van der Waals surface area contributed by atoms with Gasteiger partial charge in [-0.3, -0.25) is 0 Å². The molecule has 0 aromatic heterocycles. The zero-order valence-electron chi connectivity index (χ0n) is 12.3. The van der Waals surface area contributed by atoms with E-state index in [0.717, 1.165) is 30.8 Å². The molecule has 0 aromatic rings. The molecule has 2 rings (SSSR count). The van der Waals surface area contributed by atoms with Crippen LogP contribution >= 0.6 is 0 Å². The van der Waals surface area contributed by atoms with Gasteiger partial charge in [-0.15, -0.1) is 0 Å². The van der Waals surface area contributed by atoms with Gasteiger partial charge in [-0.1, -0.05) is 26.3 Å². The Morgan fingerprint density at radius 1 is 1.47 bits per heavy atom. The molecule has 0 saturated heterocycles. The first-order chi connectivity index (χ1) is 9.08. The van der Waals surface area contributed by atoms with Gasteiger partial charge in [0.15, 0.2) is 0 Å². The van der Waals surface area contributed by atoms with Crippen LogP contribution in [0.25, 0.3) is 0 Å². The van der Waals surface area contributed by atoms with Gasteiger partial charge in [-0.05, 0) is 48.9 Å². The highest BCUT2D eigenvalue weighted by Gasteiger charge is 2.40. The predicted octanol–water partition coefficient (Wildman–Crippen LogP) is 2.79. The van der Waals surface area contributed by atoms with E-state index >= 15 is 0 Å². The van der Waals surface area contributed by atoms with Gasteiger partial charge in [-0.2, -0.15) is 0 Å². The van der Waals surface area contributed by atoms with Crippen molar-refractivity contribution in [2.24, 2.45) is 29.6 Å². The first kappa shape index (κ1) is 14.6.